The molecule has 1 aromatic carbocycles. The molecule has 17 heavy (non-hydrogen) atoms. The number of aliphatic hydroxyl groups is 1. The first kappa shape index (κ1) is 12.1. The molecule has 2 rings (SSSR count). The first-order valence-electron chi connectivity index (χ1n) is 5.10. The van der Waals surface area contributed by atoms with E-state index in [1.54, 1.807) is 0 Å². The topological polar surface area (TPSA) is 33.1 Å². The second kappa shape index (κ2) is 4.89. The van der Waals surface area contributed by atoms with Crippen molar-refractivity contribution in [2.45, 2.75) is 19.4 Å². The lowest BCUT2D eigenvalue weighted by atomic mass is 10.1. The average Bonchev–Trinajstić information content (AvgIpc) is 2.68. The zero-order chi connectivity index (χ0) is 12.4. The van der Waals surface area contributed by atoms with Gasteiger partial charge in [-0.3, -0.25) is 0 Å². The number of aliphatic hydroxyl groups excluding tert-OH is 1. The third kappa shape index (κ3) is 2.87. The summed E-state index contributed by atoms with van der Waals surface area (Å²) in [5.41, 5.74) is 1.25. The highest BCUT2D eigenvalue weighted by atomic mass is 32.1. The first-order chi connectivity index (χ1) is 8.06. The minimum absolute atomic E-state index is 0.309. The van der Waals surface area contributed by atoms with Crippen LogP contribution in [0.15, 0.2) is 23.6 Å². The minimum Gasteiger partial charge on any atom is -0.388 e. The van der Waals surface area contributed by atoms with Crippen molar-refractivity contribution >= 4 is 11.3 Å². The fraction of sp³-hybridized carbons (Fsp3) is 0.250. The number of halogens is 2. The zero-order valence-electron chi connectivity index (χ0n) is 9.15. The van der Waals surface area contributed by atoms with Gasteiger partial charge in [0, 0.05) is 17.5 Å². The van der Waals surface area contributed by atoms with E-state index in [1.165, 1.54) is 17.4 Å². The van der Waals surface area contributed by atoms with Gasteiger partial charge < -0.3 is 5.11 Å². The number of benzene rings is 1. The molecule has 0 aliphatic heterocycles. The van der Waals surface area contributed by atoms with Crippen LogP contribution in [-0.2, 0) is 6.42 Å². The summed E-state index contributed by atoms with van der Waals surface area (Å²) >= 11 is 1.44. The van der Waals surface area contributed by atoms with Crippen LogP contribution in [0.5, 0.6) is 0 Å². The average molecular weight is 255 g/mol. The molecular formula is C12H11F2NOS. The number of hydrogen-bond acceptors (Lipinski definition) is 3. The number of aryl methyl sites for hydroxylation is 1. The highest BCUT2D eigenvalue weighted by molar-refractivity contribution is 7.09. The number of aromatic nitrogens is 1. The number of thiazole rings is 1. The molecular weight excluding hydrogens is 244 g/mol. The van der Waals surface area contributed by atoms with Crippen LogP contribution in [0.4, 0.5) is 8.78 Å². The largest absolute Gasteiger partial charge is 0.388 e. The third-order valence-electron chi connectivity index (χ3n) is 2.36. The summed E-state index contributed by atoms with van der Waals surface area (Å²) in [5, 5.41) is 12.5. The van der Waals surface area contributed by atoms with Gasteiger partial charge >= 0.3 is 0 Å². The molecule has 0 aliphatic rings. The SMILES string of the molecule is Cc1csc(CC(O)c2ccc(F)c(F)c2)n1. The van der Waals surface area contributed by atoms with E-state index in [0.29, 0.717) is 12.0 Å². The monoisotopic (exact) mass is 255 g/mol. The van der Waals surface area contributed by atoms with Crippen LogP contribution >= 0.6 is 11.3 Å². The maximum absolute atomic E-state index is 13.0. The Bertz CT molecular complexity index is 527. The molecule has 1 N–H and O–H groups in total. The van der Waals surface area contributed by atoms with E-state index < -0.39 is 17.7 Å². The molecule has 0 radical (unpaired) electrons. The molecule has 0 saturated carbocycles. The van der Waals surface area contributed by atoms with Gasteiger partial charge in [0.05, 0.1) is 11.1 Å². The summed E-state index contributed by atoms with van der Waals surface area (Å²) in [7, 11) is 0. The Morgan fingerprint density at radius 2 is 2.12 bits per heavy atom. The van der Waals surface area contributed by atoms with Crippen molar-refractivity contribution in [3.05, 3.63) is 51.5 Å². The van der Waals surface area contributed by atoms with Gasteiger partial charge in [0.2, 0.25) is 0 Å². The van der Waals surface area contributed by atoms with E-state index in [4.69, 9.17) is 0 Å². The van der Waals surface area contributed by atoms with Crippen molar-refractivity contribution in [1.29, 1.82) is 0 Å². The minimum atomic E-state index is -0.947. The lowest BCUT2D eigenvalue weighted by Crippen LogP contribution is -2.02. The van der Waals surface area contributed by atoms with E-state index in [9.17, 15) is 13.9 Å². The van der Waals surface area contributed by atoms with Crippen molar-refractivity contribution in [2.24, 2.45) is 0 Å². The number of hydrogen-bond donors (Lipinski definition) is 1. The summed E-state index contributed by atoms with van der Waals surface area (Å²) in [6.45, 7) is 1.87. The zero-order valence-corrected chi connectivity index (χ0v) is 9.97. The van der Waals surface area contributed by atoms with Crippen LogP contribution < -0.4 is 0 Å². The Hall–Kier alpha value is -1.33. The lowest BCUT2D eigenvalue weighted by Gasteiger charge is -2.09. The molecule has 1 heterocycles. The van der Waals surface area contributed by atoms with Crippen molar-refractivity contribution in [1.82, 2.24) is 4.98 Å². The van der Waals surface area contributed by atoms with E-state index in [-0.39, 0.29) is 0 Å². The maximum Gasteiger partial charge on any atom is 0.159 e. The molecule has 90 valence electrons. The quantitative estimate of drug-likeness (QED) is 0.914. The highest BCUT2D eigenvalue weighted by Crippen LogP contribution is 2.22. The van der Waals surface area contributed by atoms with Crippen LogP contribution in [0.2, 0.25) is 0 Å². The fourth-order valence-electron chi connectivity index (χ4n) is 1.50. The predicted molar refractivity (Wildman–Crippen MR) is 61.9 cm³/mol. The van der Waals surface area contributed by atoms with Gasteiger partial charge in [-0.25, -0.2) is 13.8 Å². The molecule has 0 amide bonds. The van der Waals surface area contributed by atoms with Crippen LogP contribution in [0.1, 0.15) is 22.4 Å². The standard InChI is InChI=1S/C12H11F2NOS/c1-7-6-17-12(15-7)5-11(16)8-2-3-9(13)10(14)4-8/h2-4,6,11,16H,5H2,1H3. The van der Waals surface area contributed by atoms with Gasteiger partial charge in [-0.15, -0.1) is 11.3 Å². The van der Waals surface area contributed by atoms with Crippen LogP contribution in [0.25, 0.3) is 0 Å². The Morgan fingerprint density at radius 3 is 2.71 bits per heavy atom. The molecule has 2 nitrogen and oxygen atoms in total. The fourth-order valence-corrected chi connectivity index (χ4v) is 2.31. The molecule has 0 aliphatic carbocycles. The molecule has 1 unspecified atom stereocenters. The molecule has 2 aromatic rings. The molecule has 0 fully saturated rings. The molecule has 0 spiro atoms. The summed E-state index contributed by atoms with van der Waals surface area (Å²) in [5.74, 6) is -1.86. The molecule has 1 aromatic heterocycles. The Kier molecular flexibility index (Phi) is 3.49. The summed E-state index contributed by atoms with van der Waals surface area (Å²) < 4.78 is 25.7. The van der Waals surface area contributed by atoms with Crippen LogP contribution in [0, 0.1) is 18.6 Å². The second-order valence-electron chi connectivity index (χ2n) is 3.78. The lowest BCUT2D eigenvalue weighted by molar-refractivity contribution is 0.177. The second-order valence-corrected chi connectivity index (χ2v) is 4.72. The van der Waals surface area contributed by atoms with Gasteiger partial charge in [0.1, 0.15) is 0 Å². The van der Waals surface area contributed by atoms with Crippen molar-refractivity contribution in [3.8, 4) is 0 Å². The number of nitrogens with zero attached hydrogens (tertiary/aromatic N) is 1. The Morgan fingerprint density at radius 1 is 1.35 bits per heavy atom. The van der Waals surface area contributed by atoms with Gasteiger partial charge in [0.15, 0.2) is 11.6 Å². The smallest absolute Gasteiger partial charge is 0.159 e. The van der Waals surface area contributed by atoms with E-state index >= 15 is 0 Å². The van der Waals surface area contributed by atoms with Crippen LogP contribution in [0.3, 0.4) is 0 Å². The van der Waals surface area contributed by atoms with Gasteiger partial charge in [-0.1, -0.05) is 6.07 Å². The Labute approximate surface area is 102 Å². The van der Waals surface area contributed by atoms with Crippen LogP contribution in [-0.4, -0.2) is 10.1 Å². The molecule has 1 atom stereocenters. The third-order valence-corrected chi connectivity index (χ3v) is 3.35. The summed E-state index contributed by atoms with van der Waals surface area (Å²) in [4.78, 5) is 4.21. The van der Waals surface area contributed by atoms with E-state index in [2.05, 4.69) is 4.98 Å². The predicted octanol–water partition coefficient (Wildman–Crippen LogP) is 3.01. The number of rotatable bonds is 3. The van der Waals surface area contributed by atoms with Gasteiger partial charge in [-0.2, -0.15) is 0 Å². The van der Waals surface area contributed by atoms with Crippen molar-refractivity contribution in [2.75, 3.05) is 0 Å². The van der Waals surface area contributed by atoms with Gasteiger partial charge in [0.25, 0.3) is 0 Å². The summed E-state index contributed by atoms with van der Waals surface area (Å²) in [6.07, 6.45) is -0.556. The highest BCUT2D eigenvalue weighted by Gasteiger charge is 2.13. The van der Waals surface area contributed by atoms with E-state index in [0.717, 1.165) is 22.8 Å². The van der Waals surface area contributed by atoms with Crippen molar-refractivity contribution < 1.29 is 13.9 Å². The molecule has 0 saturated heterocycles. The van der Waals surface area contributed by atoms with Gasteiger partial charge in [-0.05, 0) is 24.6 Å². The summed E-state index contributed by atoms with van der Waals surface area (Å²) in [6, 6.07) is 3.41. The normalized spacial score (nSPS) is 12.7. The Balaban J connectivity index is 2.14. The first-order valence-corrected chi connectivity index (χ1v) is 5.98. The van der Waals surface area contributed by atoms with Crippen molar-refractivity contribution in [3.63, 3.8) is 0 Å². The maximum atomic E-state index is 13.0. The molecule has 0 bridgehead atoms. The molecule has 5 heteroatoms. The van der Waals surface area contributed by atoms with E-state index in [1.807, 2.05) is 12.3 Å².